The molecule has 0 spiro atoms. The van der Waals surface area contributed by atoms with Crippen LogP contribution in [0.5, 0.6) is 0 Å². The first-order valence-electron chi connectivity index (χ1n) is 6.98. The Balaban J connectivity index is 1.94. The average molecular weight is 254 g/mol. The van der Waals surface area contributed by atoms with Crippen LogP contribution in [0.1, 0.15) is 49.0 Å². The van der Waals surface area contributed by atoms with Gasteiger partial charge in [-0.15, -0.1) is 0 Å². The molecule has 1 heteroatoms. The highest BCUT2D eigenvalue weighted by atomic mass is 16.3. The van der Waals surface area contributed by atoms with Crippen LogP contribution < -0.4 is 0 Å². The van der Waals surface area contributed by atoms with Gasteiger partial charge in [-0.25, -0.2) is 0 Å². The molecule has 2 rings (SSSR count). The maximum Gasteiger partial charge on any atom is 0.0793 e. The summed E-state index contributed by atoms with van der Waals surface area (Å²) in [5.41, 5.74) is 3.61. The van der Waals surface area contributed by atoms with Crippen LogP contribution >= 0.6 is 0 Å². The van der Waals surface area contributed by atoms with Gasteiger partial charge in [0.2, 0.25) is 0 Å². The Hall–Kier alpha value is -1.60. The molecule has 0 heterocycles. The van der Waals surface area contributed by atoms with Crippen molar-refractivity contribution in [1.29, 1.82) is 0 Å². The fourth-order valence-corrected chi connectivity index (χ4v) is 2.22. The summed E-state index contributed by atoms with van der Waals surface area (Å²) in [7, 11) is 0. The normalized spacial score (nSPS) is 12.6. The summed E-state index contributed by atoms with van der Waals surface area (Å²) in [5, 5.41) is 10.2. The lowest BCUT2D eigenvalue weighted by atomic mass is 9.97. The number of aliphatic hydroxyl groups excluding tert-OH is 1. The summed E-state index contributed by atoms with van der Waals surface area (Å²) in [6.07, 6.45) is 1.31. The molecule has 1 N–H and O–H groups in total. The molecule has 0 aliphatic carbocycles. The third kappa shape index (κ3) is 3.93. The molecule has 100 valence electrons. The number of aliphatic hydroxyl groups is 1. The van der Waals surface area contributed by atoms with Gasteiger partial charge >= 0.3 is 0 Å². The Morgan fingerprint density at radius 1 is 0.842 bits per heavy atom. The predicted octanol–water partition coefficient (Wildman–Crippen LogP) is 4.48. The van der Waals surface area contributed by atoms with Crippen molar-refractivity contribution < 1.29 is 5.11 Å². The quantitative estimate of drug-likeness (QED) is 0.834. The molecular formula is C18H22O. The molecule has 0 bridgehead atoms. The Kier molecular flexibility index (Phi) is 4.75. The highest BCUT2D eigenvalue weighted by Gasteiger charge is 2.08. The van der Waals surface area contributed by atoms with E-state index in [-0.39, 0.29) is 6.10 Å². The van der Waals surface area contributed by atoms with Crippen LogP contribution in [0.25, 0.3) is 0 Å². The second-order valence-electron chi connectivity index (χ2n) is 5.36. The number of hydrogen-bond acceptors (Lipinski definition) is 1. The lowest BCUT2D eigenvalue weighted by Crippen LogP contribution is -2.00. The second kappa shape index (κ2) is 6.53. The third-order valence-electron chi connectivity index (χ3n) is 3.54. The Bertz CT molecular complexity index is 485. The number of hydrogen-bond donors (Lipinski definition) is 1. The van der Waals surface area contributed by atoms with Gasteiger partial charge in [-0.1, -0.05) is 68.4 Å². The van der Waals surface area contributed by atoms with Gasteiger partial charge in [-0.2, -0.15) is 0 Å². The first-order valence-corrected chi connectivity index (χ1v) is 6.98. The van der Waals surface area contributed by atoms with Crippen LogP contribution in [0.2, 0.25) is 0 Å². The second-order valence-corrected chi connectivity index (χ2v) is 5.36. The molecule has 0 fully saturated rings. The minimum atomic E-state index is -0.374. The van der Waals surface area contributed by atoms with E-state index in [0.29, 0.717) is 5.92 Å². The monoisotopic (exact) mass is 254 g/mol. The van der Waals surface area contributed by atoms with Crippen LogP contribution in [-0.4, -0.2) is 5.11 Å². The summed E-state index contributed by atoms with van der Waals surface area (Å²) < 4.78 is 0. The van der Waals surface area contributed by atoms with Crippen LogP contribution in [0, 0.1) is 0 Å². The van der Waals surface area contributed by atoms with E-state index in [0.717, 1.165) is 18.4 Å². The molecule has 0 aliphatic heterocycles. The zero-order chi connectivity index (χ0) is 13.7. The van der Waals surface area contributed by atoms with Gasteiger partial charge in [-0.05, 0) is 35.4 Å². The molecule has 0 radical (unpaired) electrons. The fraction of sp³-hybridized carbons (Fsp3) is 0.333. The molecule has 0 unspecified atom stereocenters. The minimum absolute atomic E-state index is 0.374. The van der Waals surface area contributed by atoms with Crippen LogP contribution in [-0.2, 0) is 6.42 Å². The molecule has 0 amide bonds. The van der Waals surface area contributed by atoms with E-state index < -0.39 is 0 Å². The van der Waals surface area contributed by atoms with E-state index in [1.807, 2.05) is 30.3 Å². The summed E-state index contributed by atoms with van der Waals surface area (Å²) in [5.74, 6) is 0.538. The van der Waals surface area contributed by atoms with Gasteiger partial charge in [-0.3, -0.25) is 0 Å². The van der Waals surface area contributed by atoms with Crippen molar-refractivity contribution in [3.05, 3.63) is 71.3 Å². The summed E-state index contributed by atoms with van der Waals surface area (Å²) >= 11 is 0. The Labute approximate surface area is 115 Å². The van der Waals surface area contributed by atoms with E-state index in [9.17, 15) is 5.11 Å². The maximum atomic E-state index is 10.2. The largest absolute Gasteiger partial charge is 0.388 e. The first-order chi connectivity index (χ1) is 9.16. The molecule has 0 aliphatic rings. The molecule has 19 heavy (non-hydrogen) atoms. The molecule has 2 aromatic carbocycles. The molecule has 0 saturated heterocycles. The van der Waals surface area contributed by atoms with Crippen molar-refractivity contribution in [2.45, 2.75) is 38.7 Å². The average Bonchev–Trinajstić information content (AvgIpc) is 2.46. The van der Waals surface area contributed by atoms with E-state index in [2.05, 4.69) is 38.1 Å². The van der Waals surface area contributed by atoms with Gasteiger partial charge < -0.3 is 5.11 Å². The molecular weight excluding hydrogens is 232 g/mol. The van der Waals surface area contributed by atoms with E-state index in [1.165, 1.54) is 11.1 Å². The first kappa shape index (κ1) is 13.8. The molecule has 2 aromatic rings. The van der Waals surface area contributed by atoms with Crippen molar-refractivity contribution in [3.8, 4) is 0 Å². The smallest absolute Gasteiger partial charge is 0.0793 e. The van der Waals surface area contributed by atoms with Crippen molar-refractivity contribution in [2.75, 3.05) is 0 Å². The van der Waals surface area contributed by atoms with Gasteiger partial charge in [0.1, 0.15) is 0 Å². The fourth-order valence-electron chi connectivity index (χ4n) is 2.22. The summed E-state index contributed by atoms with van der Waals surface area (Å²) in [6, 6.07) is 18.6. The zero-order valence-corrected chi connectivity index (χ0v) is 11.7. The summed E-state index contributed by atoms with van der Waals surface area (Å²) in [4.78, 5) is 0. The molecule has 0 aromatic heterocycles. The summed E-state index contributed by atoms with van der Waals surface area (Å²) in [6.45, 7) is 4.36. The van der Waals surface area contributed by atoms with Gasteiger partial charge in [0.15, 0.2) is 0 Å². The lowest BCUT2D eigenvalue weighted by Gasteiger charge is -2.12. The van der Waals surface area contributed by atoms with Crippen LogP contribution in [0.4, 0.5) is 0 Å². The van der Waals surface area contributed by atoms with Gasteiger partial charge in [0, 0.05) is 0 Å². The van der Waals surface area contributed by atoms with Crippen LogP contribution in [0.15, 0.2) is 54.6 Å². The van der Waals surface area contributed by atoms with Crippen LogP contribution in [0.3, 0.4) is 0 Å². The number of rotatable bonds is 5. The van der Waals surface area contributed by atoms with E-state index >= 15 is 0 Å². The zero-order valence-electron chi connectivity index (χ0n) is 11.7. The molecule has 1 nitrogen and oxygen atoms in total. The van der Waals surface area contributed by atoms with Gasteiger partial charge in [0.25, 0.3) is 0 Å². The van der Waals surface area contributed by atoms with E-state index in [1.54, 1.807) is 0 Å². The minimum Gasteiger partial charge on any atom is -0.388 e. The standard InChI is InChI=1S/C18H22O/c1-14(2)16-9-11-17(12-10-16)18(19)13-8-15-6-4-3-5-7-15/h3-7,9-12,14,18-19H,8,13H2,1-2H3/t18-/m1/s1. The SMILES string of the molecule is CC(C)c1ccc([C@H](O)CCc2ccccc2)cc1. The maximum absolute atomic E-state index is 10.2. The highest BCUT2D eigenvalue weighted by molar-refractivity contribution is 5.26. The number of benzene rings is 2. The van der Waals surface area contributed by atoms with Gasteiger partial charge in [0.05, 0.1) is 6.10 Å². The van der Waals surface area contributed by atoms with Crippen molar-refractivity contribution >= 4 is 0 Å². The van der Waals surface area contributed by atoms with Crippen molar-refractivity contribution in [2.24, 2.45) is 0 Å². The molecule has 0 saturated carbocycles. The van der Waals surface area contributed by atoms with Crippen molar-refractivity contribution in [1.82, 2.24) is 0 Å². The van der Waals surface area contributed by atoms with Crippen molar-refractivity contribution in [3.63, 3.8) is 0 Å². The lowest BCUT2D eigenvalue weighted by molar-refractivity contribution is 0.168. The topological polar surface area (TPSA) is 20.2 Å². The third-order valence-corrected chi connectivity index (χ3v) is 3.54. The predicted molar refractivity (Wildman–Crippen MR) is 80.3 cm³/mol. The Morgan fingerprint density at radius 2 is 1.42 bits per heavy atom. The van der Waals surface area contributed by atoms with E-state index in [4.69, 9.17) is 0 Å². The highest BCUT2D eigenvalue weighted by Crippen LogP contribution is 2.22. The Morgan fingerprint density at radius 3 is 2.00 bits per heavy atom. The number of aryl methyl sites for hydroxylation is 1. The molecule has 1 atom stereocenters.